The fraction of sp³-hybridized carbons (Fsp3) is 0.743. The van der Waals surface area contributed by atoms with Crippen LogP contribution in [0.5, 0.6) is 0 Å². The predicted molar refractivity (Wildman–Crippen MR) is 217 cm³/mol. The van der Waals surface area contributed by atoms with E-state index in [2.05, 4.69) is 41.9 Å². The van der Waals surface area contributed by atoms with Crippen LogP contribution in [0.3, 0.4) is 0 Å². The van der Waals surface area contributed by atoms with Gasteiger partial charge >= 0.3 is 5.97 Å². The third-order valence-electron chi connectivity index (χ3n) is 8.64. The monoisotopic (exact) mass is 830 g/mol. The summed E-state index contributed by atoms with van der Waals surface area (Å²) in [6.45, 7) is 6.16. The van der Waals surface area contributed by atoms with E-state index in [0.717, 1.165) is 6.54 Å². The number of carboxylic acids is 1. The van der Waals surface area contributed by atoms with Crippen LogP contribution in [-0.4, -0.2) is 158 Å². The molecule has 0 aromatic carbocycles. The van der Waals surface area contributed by atoms with E-state index in [-0.39, 0.29) is 50.7 Å². The summed E-state index contributed by atoms with van der Waals surface area (Å²) >= 11 is 0. The van der Waals surface area contributed by atoms with E-state index in [9.17, 15) is 43.8 Å². The number of guanidine groups is 2. The number of amides is 6. The Morgan fingerprint density at radius 1 is 0.569 bits per heavy atom. The van der Waals surface area contributed by atoms with Gasteiger partial charge in [0.2, 0.25) is 35.4 Å². The Labute approximate surface area is 340 Å². The van der Waals surface area contributed by atoms with Gasteiger partial charge in [-0.25, -0.2) is 4.79 Å². The zero-order valence-electron chi connectivity index (χ0n) is 34.9. The maximum absolute atomic E-state index is 13.6. The SMILES string of the molecule is CC(C)[C@H](NC(=O)[C@H](CCCC[N+](C)(C)C)NC(=O)[C@H](CO)NC(=O)[C@H](CCCN=C(N)N)NC(=O)[C@H](C)NC(=O)[C@H](C)NC(=O)[C@@H](N)CCCN=C(N)N)C(=O)O. The van der Waals surface area contributed by atoms with Crippen molar-refractivity contribution in [2.45, 2.75) is 115 Å². The van der Waals surface area contributed by atoms with E-state index in [1.54, 1.807) is 13.8 Å². The molecule has 0 radical (unpaired) electrons. The second-order valence-corrected chi connectivity index (χ2v) is 15.4. The van der Waals surface area contributed by atoms with Crippen LogP contribution in [0.15, 0.2) is 9.98 Å². The number of nitrogens with one attached hydrogen (secondary N) is 6. The van der Waals surface area contributed by atoms with Crippen LogP contribution >= 0.6 is 0 Å². The topological polar surface area (TPSA) is 387 Å². The summed E-state index contributed by atoms with van der Waals surface area (Å²) < 4.78 is 0.655. The summed E-state index contributed by atoms with van der Waals surface area (Å²) in [6.07, 6.45) is 2.08. The van der Waals surface area contributed by atoms with Crippen LogP contribution in [0, 0.1) is 5.92 Å². The van der Waals surface area contributed by atoms with Gasteiger partial charge < -0.3 is 75.3 Å². The van der Waals surface area contributed by atoms with Crippen LogP contribution in [0.4, 0.5) is 0 Å². The predicted octanol–water partition coefficient (Wildman–Crippen LogP) is -5.02. The molecule has 23 heteroatoms. The highest BCUT2D eigenvalue weighted by Gasteiger charge is 2.33. The fourth-order valence-corrected chi connectivity index (χ4v) is 5.22. The molecule has 0 aliphatic carbocycles. The van der Waals surface area contributed by atoms with Gasteiger partial charge in [-0.3, -0.25) is 38.8 Å². The molecule has 0 aliphatic rings. The molecular formula is C35H69N14O9+. The Bertz CT molecular complexity index is 1430. The Morgan fingerprint density at radius 2 is 0.983 bits per heavy atom. The quantitative estimate of drug-likeness (QED) is 0.0152. The van der Waals surface area contributed by atoms with E-state index >= 15 is 0 Å². The molecule has 332 valence electrons. The van der Waals surface area contributed by atoms with E-state index in [1.165, 1.54) is 13.8 Å². The molecule has 58 heavy (non-hydrogen) atoms. The van der Waals surface area contributed by atoms with Gasteiger partial charge in [0.05, 0.1) is 40.3 Å². The first-order chi connectivity index (χ1) is 26.9. The molecule has 0 rings (SSSR count). The highest BCUT2D eigenvalue weighted by molar-refractivity contribution is 5.97. The van der Waals surface area contributed by atoms with Gasteiger partial charge in [-0.1, -0.05) is 13.8 Å². The van der Waals surface area contributed by atoms with Gasteiger partial charge in [0.15, 0.2) is 11.9 Å². The van der Waals surface area contributed by atoms with Gasteiger partial charge in [0.25, 0.3) is 0 Å². The van der Waals surface area contributed by atoms with Gasteiger partial charge in [0.1, 0.15) is 36.3 Å². The average Bonchev–Trinajstić information content (AvgIpc) is 3.12. The standard InChI is InChI=1S/C35H68N14O9/c1-19(2)26(33(57)58)48-31(55)23(13-8-9-17-49(5,6)7)46-32(56)25(18-50)47-30(54)24(14-11-16-42-35(39)40)45-28(52)21(4)43-27(51)20(3)44-29(53)22(36)12-10-15-41-34(37)38/h19-26,50H,8-18,36H2,1-7H3,(H14-,37,38,39,40,41,42,43,44,45,46,47,48,51,52,53,54,55,56,57,58)/p+1/t20-,21-,22-,23-,24-,25-,26-/m0/s1. The van der Waals surface area contributed by atoms with Gasteiger partial charge in [-0.2, -0.15) is 0 Å². The molecule has 0 unspecified atom stereocenters. The molecule has 0 aromatic rings. The van der Waals surface area contributed by atoms with E-state index < -0.39 is 96.2 Å². The molecule has 0 fully saturated rings. The van der Waals surface area contributed by atoms with Crippen LogP contribution in [0.2, 0.25) is 0 Å². The highest BCUT2D eigenvalue weighted by atomic mass is 16.4. The lowest BCUT2D eigenvalue weighted by molar-refractivity contribution is -0.870. The van der Waals surface area contributed by atoms with Gasteiger partial charge in [-0.05, 0) is 64.7 Å². The second kappa shape index (κ2) is 26.6. The zero-order valence-corrected chi connectivity index (χ0v) is 34.9. The summed E-state index contributed by atoms with van der Waals surface area (Å²) in [5.41, 5.74) is 27.2. The minimum absolute atomic E-state index is 0.0502. The van der Waals surface area contributed by atoms with E-state index in [1.807, 2.05) is 21.1 Å². The molecule has 0 saturated carbocycles. The minimum Gasteiger partial charge on any atom is -0.480 e. The Balaban J connectivity index is 5.86. The van der Waals surface area contributed by atoms with Crippen LogP contribution in [0.25, 0.3) is 0 Å². The molecule has 0 aromatic heterocycles. The summed E-state index contributed by atoms with van der Waals surface area (Å²) in [5, 5.41) is 34.6. The number of hydrogen-bond donors (Lipinski definition) is 13. The first-order valence-electron chi connectivity index (χ1n) is 19.2. The Hall–Kier alpha value is -5.29. The number of aliphatic hydroxyl groups is 1. The molecule has 0 aliphatic heterocycles. The number of nitrogens with zero attached hydrogens (tertiary/aromatic N) is 3. The van der Waals surface area contributed by atoms with Crippen molar-refractivity contribution in [1.82, 2.24) is 31.9 Å². The molecule has 0 bridgehead atoms. The number of carboxylic acid groups (broad SMARTS) is 1. The normalized spacial score (nSPS) is 14.9. The summed E-state index contributed by atoms with van der Waals surface area (Å²) in [4.78, 5) is 98.3. The van der Waals surface area contributed by atoms with Gasteiger partial charge in [0, 0.05) is 13.1 Å². The molecule has 0 saturated heterocycles. The first kappa shape index (κ1) is 52.7. The number of unbranched alkanes of at least 4 members (excludes halogenated alkanes) is 1. The van der Waals surface area contributed by atoms with Crippen molar-refractivity contribution in [2.75, 3.05) is 47.4 Å². The molecule has 6 amide bonds. The van der Waals surface area contributed by atoms with Crippen LogP contribution < -0.4 is 60.6 Å². The third-order valence-corrected chi connectivity index (χ3v) is 8.64. The highest BCUT2D eigenvalue weighted by Crippen LogP contribution is 2.09. The van der Waals surface area contributed by atoms with Crippen LogP contribution in [0.1, 0.15) is 72.6 Å². The number of aliphatic carboxylic acids is 1. The lowest BCUT2D eigenvalue weighted by Gasteiger charge is -2.27. The maximum Gasteiger partial charge on any atom is 0.326 e. The number of carbonyl (C=O) groups is 7. The third kappa shape index (κ3) is 22.5. The molecule has 7 atom stereocenters. The summed E-state index contributed by atoms with van der Waals surface area (Å²) in [5.74, 6) is -6.75. The molecule has 0 spiro atoms. The first-order valence-corrected chi connectivity index (χ1v) is 19.2. The smallest absolute Gasteiger partial charge is 0.326 e. The van der Waals surface area contributed by atoms with Crippen molar-refractivity contribution >= 4 is 53.3 Å². The average molecular weight is 830 g/mol. The van der Waals surface area contributed by atoms with Crippen molar-refractivity contribution in [3.63, 3.8) is 0 Å². The van der Waals surface area contributed by atoms with E-state index in [0.29, 0.717) is 23.7 Å². The number of carbonyl (C=O) groups excluding carboxylic acids is 6. The van der Waals surface area contributed by atoms with Crippen molar-refractivity contribution in [2.24, 2.45) is 44.6 Å². The van der Waals surface area contributed by atoms with Crippen molar-refractivity contribution in [1.29, 1.82) is 0 Å². The Kier molecular flexibility index (Phi) is 24.2. The molecule has 0 heterocycles. The number of quaternary nitrogens is 1. The lowest BCUT2D eigenvalue weighted by atomic mass is 10.0. The summed E-state index contributed by atoms with van der Waals surface area (Å²) in [6, 6.07) is -8.63. The Morgan fingerprint density at radius 3 is 1.45 bits per heavy atom. The largest absolute Gasteiger partial charge is 0.480 e. The van der Waals surface area contributed by atoms with Crippen molar-refractivity contribution in [3.05, 3.63) is 0 Å². The van der Waals surface area contributed by atoms with Crippen molar-refractivity contribution < 1.29 is 48.3 Å². The summed E-state index contributed by atoms with van der Waals surface area (Å²) in [7, 11) is 5.99. The number of rotatable bonds is 28. The number of aliphatic hydroxyl groups excluding tert-OH is 1. The zero-order chi connectivity index (χ0) is 44.7. The fourth-order valence-electron chi connectivity index (χ4n) is 5.22. The molecular weight excluding hydrogens is 760 g/mol. The number of aliphatic imine (C=N–C) groups is 2. The van der Waals surface area contributed by atoms with Gasteiger partial charge in [-0.15, -0.1) is 0 Å². The molecule has 18 N–H and O–H groups in total. The number of hydrogen-bond acceptors (Lipinski definition) is 11. The maximum atomic E-state index is 13.6. The van der Waals surface area contributed by atoms with Crippen LogP contribution in [-0.2, 0) is 33.6 Å². The number of nitrogens with two attached hydrogens (primary N) is 5. The second-order valence-electron chi connectivity index (χ2n) is 15.4. The van der Waals surface area contributed by atoms with E-state index in [4.69, 9.17) is 28.7 Å². The molecule has 23 nitrogen and oxygen atoms in total. The van der Waals surface area contributed by atoms with Crippen molar-refractivity contribution in [3.8, 4) is 0 Å². The lowest BCUT2D eigenvalue weighted by Crippen LogP contribution is -2.60. The minimum atomic E-state index is -1.59.